The van der Waals surface area contributed by atoms with Gasteiger partial charge in [-0.1, -0.05) is 67.9 Å². The number of rotatable bonds is 9. The van der Waals surface area contributed by atoms with Gasteiger partial charge in [-0.05, 0) is 55.9 Å². The quantitative estimate of drug-likeness (QED) is 0.586. The molecule has 0 bridgehead atoms. The highest BCUT2D eigenvalue weighted by atomic mass is 35.5. The molecule has 30 heavy (non-hydrogen) atoms. The van der Waals surface area contributed by atoms with Crippen molar-refractivity contribution in [3.05, 3.63) is 70.2 Å². The summed E-state index contributed by atoms with van der Waals surface area (Å²) in [5.41, 5.74) is 3.23. The average molecular weight is 429 g/mol. The fourth-order valence-corrected chi connectivity index (χ4v) is 3.46. The van der Waals surface area contributed by atoms with Crippen LogP contribution in [-0.4, -0.2) is 28.8 Å². The van der Waals surface area contributed by atoms with Crippen LogP contribution in [0.5, 0.6) is 0 Å². The molecule has 0 spiro atoms. The van der Waals surface area contributed by atoms with Gasteiger partial charge in [0.05, 0.1) is 0 Å². The van der Waals surface area contributed by atoms with E-state index in [-0.39, 0.29) is 17.9 Å². The highest BCUT2D eigenvalue weighted by Gasteiger charge is 2.26. The zero-order valence-corrected chi connectivity index (χ0v) is 19.4. The number of carbonyl (C=O) groups is 2. The van der Waals surface area contributed by atoms with E-state index in [2.05, 4.69) is 43.4 Å². The molecule has 4 nitrogen and oxygen atoms in total. The number of benzene rings is 2. The van der Waals surface area contributed by atoms with E-state index in [1.54, 1.807) is 17.9 Å². The van der Waals surface area contributed by atoms with E-state index < -0.39 is 6.04 Å². The summed E-state index contributed by atoms with van der Waals surface area (Å²) in [4.78, 5) is 27.4. The van der Waals surface area contributed by atoms with E-state index in [1.165, 1.54) is 5.56 Å². The molecular formula is C25H33ClN2O2. The summed E-state index contributed by atoms with van der Waals surface area (Å²) in [5.74, 6) is 0.257. The largest absolute Gasteiger partial charge is 0.352 e. The van der Waals surface area contributed by atoms with Gasteiger partial charge in [0.1, 0.15) is 6.04 Å². The smallest absolute Gasteiger partial charge is 0.242 e. The topological polar surface area (TPSA) is 49.4 Å². The van der Waals surface area contributed by atoms with Crippen LogP contribution in [0, 0.1) is 0 Å². The van der Waals surface area contributed by atoms with Crippen molar-refractivity contribution in [1.82, 2.24) is 10.2 Å². The minimum atomic E-state index is -0.584. The van der Waals surface area contributed by atoms with Gasteiger partial charge in [0.2, 0.25) is 11.8 Å². The molecule has 0 radical (unpaired) electrons. The fourth-order valence-electron chi connectivity index (χ4n) is 3.26. The molecule has 0 aromatic heterocycles. The molecule has 0 unspecified atom stereocenters. The molecule has 0 aliphatic heterocycles. The maximum atomic E-state index is 13.1. The second kappa shape index (κ2) is 11.2. The van der Waals surface area contributed by atoms with Crippen molar-refractivity contribution in [3.8, 4) is 0 Å². The van der Waals surface area contributed by atoms with Crippen LogP contribution in [0.2, 0.25) is 5.02 Å². The van der Waals surface area contributed by atoms with Crippen molar-refractivity contribution in [1.29, 1.82) is 0 Å². The third-order valence-corrected chi connectivity index (χ3v) is 5.54. The monoisotopic (exact) mass is 428 g/mol. The van der Waals surface area contributed by atoms with Gasteiger partial charge in [0.25, 0.3) is 0 Å². The van der Waals surface area contributed by atoms with Gasteiger partial charge >= 0.3 is 0 Å². The van der Waals surface area contributed by atoms with Gasteiger partial charge in [-0.25, -0.2) is 0 Å². The SMILES string of the molecule is CC(C)NC(=O)[C@H](C)N(Cc1ccccc1Cl)C(=O)CCc1ccc(C(C)C)cc1. The van der Waals surface area contributed by atoms with Crippen molar-refractivity contribution in [2.75, 3.05) is 0 Å². The lowest BCUT2D eigenvalue weighted by Gasteiger charge is -2.29. The van der Waals surface area contributed by atoms with Crippen molar-refractivity contribution in [2.45, 2.75) is 72.0 Å². The normalized spacial score (nSPS) is 12.1. The van der Waals surface area contributed by atoms with Crippen molar-refractivity contribution < 1.29 is 9.59 Å². The fraction of sp³-hybridized carbons (Fsp3) is 0.440. The van der Waals surface area contributed by atoms with Crippen LogP contribution >= 0.6 is 11.6 Å². The molecule has 2 aromatic carbocycles. The van der Waals surface area contributed by atoms with E-state index in [0.717, 1.165) is 11.1 Å². The predicted octanol–water partition coefficient (Wildman–Crippen LogP) is 5.34. The first kappa shape index (κ1) is 23.9. The van der Waals surface area contributed by atoms with Crippen LogP contribution in [0.15, 0.2) is 48.5 Å². The molecule has 162 valence electrons. The zero-order valence-electron chi connectivity index (χ0n) is 18.6. The Morgan fingerprint density at radius 2 is 1.60 bits per heavy atom. The molecule has 0 saturated carbocycles. The first-order valence-electron chi connectivity index (χ1n) is 10.6. The molecule has 1 atom stereocenters. The van der Waals surface area contributed by atoms with Gasteiger partial charge < -0.3 is 10.2 Å². The van der Waals surface area contributed by atoms with Gasteiger partial charge in [-0.3, -0.25) is 9.59 Å². The first-order valence-corrected chi connectivity index (χ1v) is 11.0. The maximum absolute atomic E-state index is 13.1. The lowest BCUT2D eigenvalue weighted by Crippen LogP contribution is -2.49. The lowest BCUT2D eigenvalue weighted by atomic mass is 10.00. The minimum absolute atomic E-state index is 0.0108. The Hall–Kier alpha value is -2.33. The molecule has 0 saturated heterocycles. The summed E-state index contributed by atoms with van der Waals surface area (Å²) in [5, 5.41) is 3.50. The Morgan fingerprint density at radius 1 is 0.967 bits per heavy atom. The number of nitrogens with zero attached hydrogens (tertiary/aromatic N) is 1. The third kappa shape index (κ3) is 6.88. The number of carbonyl (C=O) groups excluding carboxylic acids is 2. The summed E-state index contributed by atoms with van der Waals surface area (Å²) in [6, 6.07) is 15.2. The Bertz CT molecular complexity index is 846. The Kier molecular flexibility index (Phi) is 8.91. The number of aryl methyl sites for hydroxylation is 1. The highest BCUT2D eigenvalue weighted by molar-refractivity contribution is 6.31. The predicted molar refractivity (Wildman–Crippen MR) is 124 cm³/mol. The van der Waals surface area contributed by atoms with Gasteiger partial charge in [0.15, 0.2) is 0 Å². The Morgan fingerprint density at radius 3 is 2.17 bits per heavy atom. The van der Waals surface area contributed by atoms with Gasteiger partial charge in [0, 0.05) is 24.0 Å². The van der Waals surface area contributed by atoms with E-state index in [9.17, 15) is 9.59 Å². The molecule has 0 aliphatic rings. The molecule has 0 aliphatic carbocycles. The molecule has 0 fully saturated rings. The van der Waals surface area contributed by atoms with E-state index in [4.69, 9.17) is 11.6 Å². The highest BCUT2D eigenvalue weighted by Crippen LogP contribution is 2.20. The molecule has 5 heteroatoms. The number of hydrogen-bond donors (Lipinski definition) is 1. The molecular weight excluding hydrogens is 396 g/mol. The summed E-state index contributed by atoms with van der Waals surface area (Å²) in [6.45, 7) is 10.2. The molecule has 1 N–H and O–H groups in total. The van der Waals surface area contributed by atoms with E-state index >= 15 is 0 Å². The average Bonchev–Trinajstić information content (AvgIpc) is 2.70. The van der Waals surface area contributed by atoms with Crippen LogP contribution in [0.4, 0.5) is 0 Å². The summed E-state index contributed by atoms with van der Waals surface area (Å²) in [7, 11) is 0. The Labute approximate surface area is 185 Å². The molecule has 2 aromatic rings. The molecule has 2 amide bonds. The Balaban J connectivity index is 2.14. The van der Waals surface area contributed by atoms with E-state index in [1.807, 2.05) is 32.0 Å². The first-order chi connectivity index (χ1) is 14.2. The standard InChI is InChI=1S/C25H33ClN2O2/c1-17(2)21-13-10-20(11-14-21)12-15-24(29)28(19(5)25(30)27-18(3)4)16-22-8-6-7-9-23(22)26/h6-11,13-14,17-19H,12,15-16H2,1-5H3,(H,27,30)/t19-/m0/s1. The number of nitrogens with one attached hydrogen (secondary N) is 1. The van der Waals surface area contributed by atoms with E-state index in [0.29, 0.717) is 30.3 Å². The second-order valence-electron chi connectivity index (χ2n) is 8.35. The summed E-state index contributed by atoms with van der Waals surface area (Å²) >= 11 is 6.32. The molecule has 2 rings (SSSR count). The van der Waals surface area contributed by atoms with Crippen LogP contribution in [0.3, 0.4) is 0 Å². The number of hydrogen-bond acceptors (Lipinski definition) is 2. The zero-order chi connectivity index (χ0) is 22.3. The van der Waals surface area contributed by atoms with Crippen molar-refractivity contribution >= 4 is 23.4 Å². The van der Waals surface area contributed by atoms with Crippen LogP contribution in [0.1, 0.15) is 63.6 Å². The van der Waals surface area contributed by atoms with Crippen molar-refractivity contribution in [3.63, 3.8) is 0 Å². The second-order valence-corrected chi connectivity index (χ2v) is 8.76. The molecule has 0 heterocycles. The third-order valence-electron chi connectivity index (χ3n) is 5.17. The van der Waals surface area contributed by atoms with Crippen LogP contribution in [0.25, 0.3) is 0 Å². The number of amides is 2. The number of halogens is 1. The summed E-state index contributed by atoms with van der Waals surface area (Å²) in [6.07, 6.45) is 0.972. The van der Waals surface area contributed by atoms with Crippen LogP contribution < -0.4 is 5.32 Å². The van der Waals surface area contributed by atoms with Crippen molar-refractivity contribution in [2.24, 2.45) is 0 Å². The minimum Gasteiger partial charge on any atom is -0.352 e. The van der Waals surface area contributed by atoms with Gasteiger partial charge in [-0.15, -0.1) is 0 Å². The van der Waals surface area contributed by atoms with Crippen LogP contribution in [-0.2, 0) is 22.6 Å². The summed E-state index contributed by atoms with van der Waals surface area (Å²) < 4.78 is 0. The van der Waals surface area contributed by atoms with Gasteiger partial charge in [-0.2, -0.15) is 0 Å². The maximum Gasteiger partial charge on any atom is 0.242 e. The lowest BCUT2D eigenvalue weighted by molar-refractivity contribution is -0.140.